The number of nitrogens with one attached hydrogen (secondary N) is 1. The van der Waals surface area contributed by atoms with Gasteiger partial charge in [-0.05, 0) is 35.4 Å². The van der Waals surface area contributed by atoms with Crippen LogP contribution < -0.4 is 16.1 Å². The minimum atomic E-state index is -3.63. The van der Waals surface area contributed by atoms with Crippen molar-refractivity contribution in [1.29, 1.82) is 0 Å². The number of hydrogen-bond donors (Lipinski definition) is 3. The molecule has 1 saturated heterocycles. The maximum absolute atomic E-state index is 13.1. The van der Waals surface area contributed by atoms with Gasteiger partial charge < -0.3 is 10.6 Å². The van der Waals surface area contributed by atoms with Crippen LogP contribution in [0.2, 0.25) is 0 Å². The number of carbonyl (C=O) groups excluding carboxylic acids is 1. The SMILES string of the molecule is Nc1ccc(-c2ccc(S(=O)(=O)N3CCN(c4ncc(C(=O)NO)cn4)CC3)cc2)cc1. The lowest BCUT2D eigenvalue weighted by atomic mass is 10.1. The van der Waals surface area contributed by atoms with Crippen molar-refractivity contribution in [2.45, 2.75) is 4.90 Å². The van der Waals surface area contributed by atoms with Gasteiger partial charge in [-0.1, -0.05) is 24.3 Å². The van der Waals surface area contributed by atoms with Gasteiger partial charge in [0.1, 0.15) is 0 Å². The number of nitrogen functional groups attached to an aromatic ring is 1. The first-order chi connectivity index (χ1) is 15.4. The fourth-order valence-corrected chi connectivity index (χ4v) is 4.86. The first-order valence-electron chi connectivity index (χ1n) is 9.86. The Labute approximate surface area is 185 Å². The summed E-state index contributed by atoms with van der Waals surface area (Å²) < 4.78 is 27.6. The van der Waals surface area contributed by atoms with Crippen LogP contribution in [0, 0.1) is 0 Å². The lowest BCUT2D eigenvalue weighted by Gasteiger charge is -2.34. The summed E-state index contributed by atoms with van der Waals surface area (Å²) in [6, 6.07) is 14.2. The fourth-order valence-electron chi connectivity index (χ4n) is 3.44. The molecule has 0 saturated carbocycles. The summed E-state index contributed by atoms with van der Waals surface area (Å²) in [4.78, 5) is 21.7. The van der Waals surface area contributed by atoms with Crippen molar-refractivity contribution in [2.75, 3.05) is 36.8 Å². The third kappa shape index (κ3) is 4.40. The van der Waals surface area contributed by atoms with Gasteiger partial charge in [0.2, 0.25) is 16.0 Å². The second kappa shape index (κ2) is 8.91. The summed E-state index contributed by atoms with van der Waals surface area (Å²) in [5.74, 6) is -0.306. The number of anilines is 2. The Morgan fingerprint density at radius 2 is 1.44 bits per heavy atom. The number of piperazine rings is 1. The maximum Gasteiger partial charge on any atom is 0.277 e. The van der Waals surface area contributed by atoms with E-state index in [1.54, 1.807) is 36.4 Å². The minimum absolute atomic E-state index is 0.125. The van der Waals surface area contributed by atoms with Crippen molar-refractivity contribution in [3.63, 3.8) is 0 Å². The number of nitrogens with two attached hydrogens (primary N) is 1. The van der Waals surface area contributed by atoms with Crippen molar-refractivity contribution in [3.8, 4) is 11.1 Å². The molecule has 1 aliphatic heterocycles. The van der Waals surface area contributed by atoms with Gasteiger partial charge in [-0.25, -0.2) is 23.9 Å². The molecule has 1 aliphatic rings. The van der Waals surface area contributed by atoms with E-state index >= 15 is 0 Å². The number of hydroxylamine groups is 1. The van der Waals surface area contributed by atoms with Crippen LogP contribution in [0.4, 0.5) is 11.6 Å². The Balaban J connectivity index is 1.42. The summed E-state index contributed by atoms with van der Waals surface area (Å²) >= 11 is 0. The van der Waals surface area contributed by atoms with Crippen LogP contribution in [0.3, 0.4) is 0 Å². The third-order valence-electron chi connectivity index (χ3n) is 5.26. The number of hydrogen-bond acceptors (Lipinski definition) is 8. The van der Waals surface area contributed by atoms with Crippen LogP contribution in [0.1, 0.15) is 10.4 Å². The highest BCUT2D eigenvalue weighted by Crippen LogP contribution is 2.25. The van der Waals surface area contributed by atoms with Gasteiger partial charge in [0.25, 0.3) is 5.91 Å². The molecule has 0 aliphatic carbocycles. The second-order valence-electron chi connectivity index (χ2n) is 7.25. The van der Waals surface area contributed by atoms with E-state index in [2.05, 4.69) is 9.97 Å². The molecule has 0 unspecified atom stereocenters. The Kier molecular flexibility index (Phi) is 6.04. The molecule has 11 heteroatoms. The molecular weight excluding hydrogens is 432 g/mol. The van der Waals surface area contributed by atoms with Gasteiger partial charge in [0.05, 0.1) is 10.5 Å². The standard InChI is InChI=1S/C21H22N6O4S/c22-18-5-1-15(2-6-18)16-3-7-19(8-4-16)32(30,31)27-11-9-26(10-12-27)21-23-13-17(14-24-21)20(28)25-29/h1-8,13-14,29H,9-12,22H2,(H,25,28). The van der Waals surface area contributed by atoms with E-state index in [9.17, 15) is 13.2 Å². The molecule has 166 valence electrons. The molecule has 0 bridgehead atoms. The first-order valence-corrected chi connectivity index (χ1v) is 11.3. The fraction of sp³-hybridized carbons (Fsp3) is 0.190. The third-order valence-corrected chi connectivity index (χ3v) is 7.17. The van der Waals surface area contributed by atoms with Crippen LogP contribution >= 0.6 is 0 Å². The normalized spacial score (nSPS) is 14.8. The molecular formula is C21H22N6O4S. The highest BCUT2D eigenvalue weighted by Gasteiger charge is 2.29. The maximum atomic E-state index is 13.1. The van der Waals surface area contributed by atoms with Crippen molar-refractivity contribution in [1.82, 2.24) is 19.8 Å². The van der Waals surface area contributed by atoms with Gasteiger partial charge in [-0.3, -0.25) is 10.0 Å². The number of carbonyl (C=O) groups is 1. The molecule has 4 rings (SSSR count). The monoisotopic (exact) mass is 454 g/mol. The first kappa shape index (κ1) is 21.7. The van der Waals surface area contributed by atoms with Crippen molar-refractivity contribution in [3.05, 3.63) is 66.5 Å². The quantitative estimate of drug-likeness (QED) is 0.298. The second-order valence-corrected chi connectivity index (χ2v) is 9.19. The van der Waals surface area contributed by atoms with Crippen molar-refractivity contribution >= 4 is 27.6 Å². The van der Waals surface area contributed by atoms with E-state index in [0.717, 1.165) is 11.1 Å². The Morgan fingerprint density at radius 3 is 1.97 bits per heavy atom. The Hall–Kier alpha value is -3.54. The van der Waals surface area contributed by atoms with Crippen molar-refractivity contribution in [2.24, 2.45) is 0 Å². The highest BCUT2D eigenvalue weighted by atomic mass is 32.2. The number of amides is 1. The van der Waals surface area contributed by atoms with E-state index in [4.69, 9.17) is 10.9 Å². The van der Waals surface area contributed by atoms with E-state index in [1.165, 1.54) is 22.2 Å². The molecule has 2 heterocycles. The lowest BCUT2D eigenvalue weighted by molar-refractivity contribution is 0.0705. The van der Waals surface area contributed by atoms with Crippen LogP contribution in [0.25, 0.3) is 11.1 Å². The van der Waals surface area contributed by atoms with Gasteiger partial charge in [0, 0.05) is 44.3 Å². The highest BCUT2D eigenvalue weighted by molar-refractivity contribution is 7.89. The van der Waals surface area contributed by atoms with Gasteiger partial charge in [-0.15, -0.1) is 0 Å². The molecule has 1 aromatic heterocycles. The number of nitrogens with zero attached hydrogens (tertiary/aromatic N) is 4. The Morgan fingerprint density at radius 1 is 0.906 bits per heavy atom. The smallest absolute Gasteiger partial charge is 0.277 e. The van der Waals surface area contributed by atoms with Crippen LogP contribution in [-0.4, -0.2) is 60.0 Å². The van der Waals surface area contributed by atoms with Crippen molar-refractivity contribution < 1.29 is 18.4 Å². The van der Waals surface area contributed by atoms with Gasteiger partial charge in [0.15, 0.2) is 0 Å². The minimum Gasteiger partial charge on any atom is -0.399 e. The molecule has 10 nitrogen and oxygen atoms in total. The number of sulfonamides is 1. The zero-order valence-corrected chi connectivity index (χ0v) is 17.9. The van der Waals surface area contributed by atoms with E-state index in [1.807, 2.05) is 17.0 Å². The Bertz CT molecular complexity index is 1190. The molecule has 1 amide bonds. The zero-order valence-electron chi connectivity index (χ0n) is 17.0. The number of aromatic nitrogens is 2. The number of rotatable bonds is 5. The van der Waals surface area contributed by atoms with E-state index in [0.29, 0.717) is 24.7 Å². The summed E-state index contributed by atoms with van der Waals surface area (Å²) in [7, 11) is -3.63. The summed E-state index contributed by atoms with van der Waals surface area (Å²) in [5.41, 5.74) is 9.90. The average Bonchev–Trinajstić information content (AvgIpc) is 2.84. The van der Waals surface area contributed by atoms with Crippen LogP contribution in [-0.2, 0) is 10.0 Å². The molecule has 1 fully saturated rings. The average molecular weight is 455 g/mol. The molecule has 4 N–H and O–H groups in total. The summed E-state index contributed by atoms with van der Waals surface area (Å²) in [5, 5.41) is 8.66. The zero-order chi connectivity index (χ0) is 22.7. The number of benzene rings is 2. The predicted octanol–water partition coefficient (Wildman–Crippen LogP) is 1.36. The molecule has 32 heavy (non-hydrogen) atoms. The van der Waals surface area contributed by atoms with Crippen LogP contribution in [0.5, 0.6) is 0 Å². The van der Waals surface area contributed by atoms with Gasteiger partial charge in [-0.2, -0.15) is 4.31 Å². The van der Waals surface area contributed by atoms with E-state index in [-0.39, 0.29) is 23.5 Å². The van der Waals surface area contributed by atoms with E-state index < -0.39 is 15.9 Å². The molecule has 0 atom stereocenters. The largest absolute Gasteiger partial charge is 0.399 e. The topological polar surface area (TPSA) is 142 Å². The molecule has 3 aromatic rings. The molecule has 2 aromatic carbocycles. The molecule has 0 radical (unpaired) electrons. The van der Waals surface area contributed by atoms with Gasteiger partial charge >= 0.3 is 0 Å². The predicted molar refractivity (Wildman–Crippen MR) is 119 cm³/mol. The van der Waals surface area contributed by atoms with Crippen LogP contribution in [0.15, 0.2) is 65.8 Å². The lowest BCUT2D eigenvalue weighted by Crippen LogP contribution is -2.49. The molecule has 0 spiro atoms. The summed E-state index contributed by atoms with van der Waals surface area (Å²) in [6.07, 6.45) is 2.61. The summed E-state index contributed by atoms with van der Waals surface area (Å²) in [6.45, 7) is 1.39.